The van der Waals surface area contributed by atoms with Crippen molar-refractivity contribution in [3.63, 3.8) is 0 Å². The lowest BCUT2D eigenvalue weighted by Gasteiger charge is -2.04. The fourth-order valence-corrected chi connectivity index (χ4v) is 0.721. The Hall–Kier alpha value is -1.03. The van der Waals surface area contributed by atoms with Crippen LogP contribution < -0.4 is 10.1 Å². The molecule has 1 aromatic rings. The van der Waals surface area contributed by atoms with Gasteiger partial charge in [0.05, 0.1) is 13.3 Å². The number of nitrogens with one attached hydrogen (secondary N) is 1. The summed E-state index contributed by atoms with van der Waals surface area (Å²) in [5, 5.41) is 2.14. The average Bonchev–Trinajstić information content (AvgIpc) is 2.01. The third-order valence-corrected chi connectivity index (χ3v) is 1.25. The van der Waals surface area contributed by atoms with Crippen molar-refractivity contribution >= 4 is 17.4 Å². The van der Waals surface area contributed by atoms with Crippen LogP contribution in [-0.4, -0.2) is 24.1 Å². The van der Waals surface area contributed by atoms with Crippen LogP contribution >= 0.6 is 11.6 Å². The molecule has 0 radical (unpaired) electrons. The van der Waals surface area contributed by atoms with Gasteiger partial charge in [-0.25, -0.2) is 4.98 Å². The molecule has 0 spiro atoms. The first-order chi connectivity index (χ1) is 6.42. The van der Waals surface area contributed by atoms with Crippen molar-refractivity contribution in [1.82, 2.24) is 9.97 Å². The van der Waals surface area contributed by atoms with Crippen LogP contribution in [0.1, 0.15) is 4.11 Å². The van der Waals surface area contributed by atoms with E-state index in [1.165, 1.54) is 13.3 Å². The fraction of sp³-hybridized carbons (Fsp3) is 0.333. The molecule has 5 heteroatoms. The van der Waals surface area contributed by atoms with Crippen molar-refractivity contribution < 1.29 is 8.85 Å². The molecular formula is C6H8ClN3O. The molecular weight excluding hydrogens is 166 g/mol. The third-order valence-electron chi connectivity index (χ3n) is 1.06. The van der Waals surface area contributed by atoms with Gasteiger partial charge in [-0.15, -0.1) is 0 Å². The van der Waals surface area contributed by atoms with Gasteiger partial charge in [0.15, 0.2) is 11.6 Å². The number of ether oxygens (including phenoxy) is 1. The second kappa shape index (κ2) is 3.39. The van der Waals surface area contributed by atoms with Crippen LogP contribution in [0.25, 0.3) is 0 Å². The van der Waals surface area contributed by atoms with Crippen molar-refractivity contribution in [2.45, 2.75) is 0 Å². The van der Waals surface area contributed by atoms with Gasteiger partial charge in [0.2, 0.25) is 5.28 Å². The predicted octanol–water partition coefficient (Wildman–Crippen LogP) is 1.18. The predicted molar refractivity (Wildman–Crippen MR) is 43.1 cm³/mol. The van der Waals surface area contributed by atoms with E-state index in [-0.39, 0.29) is 16.9 Å². The molecule has 0 amide bonds. The van der Waals surface area contributed by atoms with Crippen molar-refractivity contribution in [2.75, 3.05) is 19.4 Å². The first-order valence-electron chi connectivity index (χ1n) is 4.27. The quantitative estimate of drug-likeness (QED) is 0.688. The normalized spacial score (nSPS) is 14.5. The number of rotatable bonds is 2. The van der Waals surface area contributed by atoms with Gasteiger partial charge in [-0.05, 0) is 11.6 Å². The topological polar surface area (TPSA) is 47.0 Å². The number of anilines is 1. The van der Waals surface area contributed by atoms with E-state index in [4.69, 9.17) is 20.5 Å². The van der Waals surface area contributed by atoms with Crippen LogP contribution in [0.5, 0.6) is 5.75 Å². The standard InChI is InChI=1S/C6H8ClN3O/c1-8-5-4(11-2)3-9-6(7)10-5/h3H,1-2H3,(H,8,9,10)/i1D3. The second-order valence-corrected chi connectivity index (χ2v) is 2.02. The first kappa shape index (κ1) is 4.77. The minimum Gasteiger partial charge on any atom is -0.491 e. The van der Waals surface area contributed by atoms with Crippen LogP contribution in [0.4, 0.5) is 5.82 Å². The number of methoxy groups -OCH3 is 1. The molecule has 1 aromatic heterocycles. The van der Waals surface area contributed by atoms with Gasteiger partial charge in [0.25, 0.3) is 0 Å². The maximum absolute atomic E-state index is 6.97. The van der Waals surface area contributed by atoms with Crippen molar-refractivity contribution in [2.24, 2.45) is 0 Å². The Morgan fingerprint density at radius 2 is 2.64 bits per heavy atom. The summed E-state index contributed by atoms with van der Waals surface area (Å²) in [6, 6.07) is 0. The van der Waals surface area contributed by atoms with Gasteiger partial charge in [-0.1, -0.05) is 0 Å². The lowest BCUT2D eigenvalue weighted by atomic mass is 10.5. The Bertz CT molecular complexity index is 331. The minimum absolute atomic E-state index is 0.0439. The fourth-order valence-electron chi connectivity index (χ4n) is 0.588. The van der Waals surface area contributed by atoms with E-state index in [0.717, 1.165) is 0 Å². The van der Waals surface area contributed by atoms with Gasteiger partial charge in [-0.3, -0.25) is 0 Å². The lowest BCUT2D eigenvalue weighted by molar-refractivity contribution is 0.413. The molecule has 0 unspecified atom stereocenters. The Kier molecular flexibility index (Phi) is 1.47. The molecule has 11 heavy (non-hydrogen) atoms. The smallest absolute Gasteiger partial charge is 0.224 e. The summed E-state index contributed by atoms with van der Waals surface area (Å²) < 4.78 is 25.8. The first-order valence-corrected chi connectivity index (χ1v) is 3.15. The SMILES string of the molecule is [2H]C([2H])([2H])Nc1nc(Cl)ncc1OC. The molecule has 1 N–H and O–H groups in total. The average molecular weight is 177 g/mol. The highest BCUT2D eigenvalue weighted by Gasteiger charge is 2.02. The van der Waals surface area contributed by atoms with Gasteiger partial charge in [-0.2, -0.15) is 4.98 Å². The summed E-state index contributed by atoms with van der Waals surface area (Å²) in [5.41, 5.74) is 0. The molecule has 0 bridgehead atoms. The van der Waals surface area contributed by atoms with Gasteiger partial charge >= 0.3 is 0 Å². The Labute approximate surface area is 73.8 Å². The van der Waals surface area contributed by atoms with Gasteiger partial charge in [0.1, 0.15) is 0 Å². The molecule has 60 valence electrons. The van der Waals surface area contributed by atoms with Gasteiger partial charge in [0, 0.05) is 11.1 Å². The third kappa shape index (κ3) is 1.71. The van der Waals surface area contributed by atoms with Crippen molar-refractivity contribution in [1.29, 1.82) is 0 Å². The van der Waals surface area contributed by atoms with Crippen LogP contribution in [0.2, 0.25) is 5.28 Å². The monoisotopic (exact) mass is 176 g/mol. The summed E-state index contributed by atoms with van der Waals surface area (Å²) in [6.45, 7) is -2.34. The zero-order valence-corrected chi connectivity index (χ0v) is 6.51. The highest BCUT2D eigenvalue weighted by atomic mass is 35.5. The number of aromatic nitrogens is 2. The molecule has 0 atom stereocenters. The summed E-state index contributed by atoms with van der Waals surface area (Å²) in [4.78, 5) is 7.33. The number of hydrogen-bond acceptors (Lipinski definition) is 4. The van der Waals surface area contributed by atoms with E-state index in [1.54, 1.807) is 0 Å². The number of hydrogen-bond donors (Lipinski definition) is 1. The summed E-state index contributed by atoms with van der Waals surface area (Å²) >= 11 is 5.50. The summed E-state index contributed by atoms with van der Waals surface area (Å²) in [6.07, 6.45) is 1.30. The van der Waals surface area contributed by atoms with E-state index in [2.05, 4.69) is 15.3 Å². The highest BCUT2D eigenvalue weighted by Crippen LogP contribution is 2.20. The molecule has 0 aliphatic rings. The van der Waals surface area contributed by atoms with E-state index in [9.17, 15) is 0 Å². The summed E-state index contributed by atoms with van der Waals surface area (Å²) in [7, 11) is 1.39. The van der Waals surface area contributed by atoms with E-state index >= 15 is 0 Å². The van der Waals surface area contributed by atoms with E-state index in [0.29, 0.717) is 0 Å². The molecule has 0 saturated heterocycles. The molecule has 1 heterocycles. The molecule has 0 aliphatic heterocycles. The molecule has 0 aliphatic carbocycles. The van der Waals surface area contributed by atoms with Gasteiger partial charge < -0.3 is 10.1 Å². The van der Waals surface area contributed by atoms with E-state index in [1.807, 2.05) is 0 Å². The molecule has 0 saturated carbocycles. The zero-order chi connectivity index (χ0) is 10.8. The minimum atomic E-state index is -2.34. The van der Waals surface area contributed by atoms with Crippen LogP contribution in [0.15, 0.2) is 6.20 Å². The largest absolute Gasteiger partial charge is 0.491 e. The molecule has 4 nitrogen and oxygen atoms in total. The Morgan fingerprint density at radius 3 is 3.27 bits per heavy atom. The number of halogens is 1. The van der Waals surface area contributed by atoms with Crippen LogP contribution in [0.3, 0.4) is 0 Å². The zero-order valence-electron chi connectivity index (χ0n) is 8.76. The molecule has 0 fully saturated rings. The lowest BCUT2D eigenvalue weighted by Crippen LogP contribution is -1.97. The molecule has 1 rings (SSSR count). The Balaban J connectivity index is 2.99. The summed E-state index contributed by atoms with van der Waals surface area (Å²) in [5.74, 6) is 0.276. The van der Waals surface area contributed by atoms with Crippen molar-refractivity contribution in [3.05, 3.63) is 11.5 Å². The second-order valence-electron chi connectivity index (χ2n) is 1.68. The van der Waals surface area contributed by atoms with Crippen molar-refractivity contribution in [3.8, 4) is 5.75 Å². The number of nitrogens with zero attached hydrogens (tertiary/aromatic N) is 2. The Morgan fingerprint density at radius 1 is 1.82 bits per heavy atom. The van der Waals surface area contributed by atoms with Crippen LogP contribution in [0, 0.1) is 0 Å². The molecule has 0 aromatic carbocycles. The maximum Gasteiger partial charge on any atom is 0.224 e. The maximum atomic E-state index is 6.97. The van der Waals surface area contributed by atoms with E-state index < -0.39 is 6.98 Å². The highest BCUT2D eigenvalue weighted by molar-refractivity contribution is 6.28. The van der Waals surface area contributed by atoms with Crippen LogP contribution in [-0.2, 0) is 0 Å².